The van der Waals surface area contributed by atoms with E-state index in [0.29, 0.717) is 12.8 Å². The standard InChI is InChI=1S/C48H93NO10/c1-3-5-7-9-11-13-15-17-18-19-20-21-22-23-24-26-28-30-32-34-36-41(52)47(57)49-39(38-58-48-46(56)45(55)44(54)42(37-50)59-48)43(53)40(51)35-33-31-29-27-25-16-14-12-10-8-6-4-2/h27,29,39-46,48,50-56H,3-26,28,30-38H2,1-2H3,(H,49,57)/b29-27-/t39-,40-,41-,42-,43+,44-,45+,46-,48-/m1/s1. The van der Waals surface area contributed by atoms with E-state index in [-0.39, 0.29) is 12.8 Å². The Morgan fingerprint density at radius 1 is 0.576 bits per heavy atom. The lowest BCUT2D eigenvalue weighted by molar-refractivity contribution is -0.303. The minimum absolute atomic E-state index is 0.259. The number of hydrogen-bond acceptors (Lipinski definition) is 10. The van der Waals surface area contributed by atoms with Gasteiger partial charge in [0.1, 0.15) is 36.6 Å². The number of aliphatic hydroxyl groups excluding tert-OH is 7. The zero-order valence-corrected chi connectivity index (χ0v) is 37.7. The Hall–Kier alpha value is -1.15. The molecule has 0 saturated carbocycles. The lowest BCUT2D eigenvalue weighted by atomic mass is 9.98. The minimum atomic E-state index is -1.66. The summed E-state index contributed by atoms with van der Waals surface area (Å²) in [6.07, 6.45) is 29.8. The number of allylic oxidation sites excluding steroid dienone is 2. The van der Waals surface area contributed by atoms with Crippen molar-refractivity contribution >= 4 is 5.91 Å². The smallest absolute Gasteiger partial charge is 0.249 e. The van der Waals surface area contributed by atoms with Crippen LogP contribution in [0.15, 0.2) is 12.2 Å². The van der Waals surface area contributed by atoms with E-state index in [2.05, 4.69) is 31.3 Å². The second kappa shape index (κ2) is 38.5. The SMILES string of the molecule is CCCCCCCCC/C=C\CCC[C@@H](O)[C@@H](O)[C@@H](CO[C@@H]1O[C@H](CO)[C@@H](O)[C@H](O)[C@H]1O)NC(=O)[C@H](O)CCCCCCCCCCCCCCCCCCCCCC. The van der Waals surface area contributed by atoms with Gasteiger partial charge in [-0.05, 0) is 38.5 Å². The molecule has 0 radical (unpaired) electrons. The summed E-state index contributed by atoms with van der Waals surface area (Å²) >= 11 is 0. The molecule has 9 atom stereocenters. The quantitative estimate of drug-likeness (QED) is 0.0219. The molecule has 59 heavy (non-hydrogen) atoms. The maximum absolute atomic E-state index is 13.1. The van der Waals surface area contributed by atoms with Crippen molar-refractivity contribution in [3.8, 4) is 0 Å². The second-order valence-corrected chi connectivity index (χ2v) is 17.5. The molecule has 0 aromatic rings. The molecule has 1 rings (SSSR count). The lowest BCUT2D eigenvalue weighted by Gasteiger charge is -2.40. The highest BCUT2D eigenvalue weighted by Crippen LogP contribution is 2.23. The molecule has 1 aliphatic rings. The zero-order chi connectivity index (χ0) is 43.4. The van der Waals surface area contributed by atoms with Crippen molar-refractivity contribution in [3.05, 3.63) is 12.2 Å². The van der Waals surface area contributed by atoms with Gasteiger partial charge in [-0.25, -0.2) is 0 Å². The third-order valence-electron chi connectivity index (χ3n) is 12.1. The normalized spacial score (nSPS) is 21.8. The molecular weight excluding hydrogens is 751 g/mol. The van der Waals surface area contributed by atoms with E-state index in [1.54, 1.807) is 0 Å². The summed E-state index contributed by atoms with van der Waals surface area (Å²) in [5, 5.41) is 75.6. The van der Waals surface area contributed by atoms with Gasteiger partial charge in [-0.3, -0.25) is 4.79 Å². The fraction of sp³-hybridized carbons (Fsp3) is 0.938. The van der Waals surface area contributed by atoms with Crippen molar-refractivity contribution in [2.24, 2.45) is 0 Å². The average molecular weight is 844 g/mol. The topological polar surface area (TPSA) is 189 Å². The van der Waals surface area contributed by atoms with Gasteiger partial charge in [-0.2, -0.15) is 0 Å². The molecule has 8 N–H and O–H groups in total. The van der Waals surface area contributed by atoms with Crippen LogP contribution in [0, 0.1) is 0 Å². The summed E-state index contributed by atoms with van der Waals surface area (Å²) in [5.41, 5.74) is 0. The van der Waals surface area contributed by atoms with Gasteiger partial charge in [0.15, 0.2) is 6.29 Å². The molecule has 0 aromatic carbocycles. The maximum atomic E-state index is 13.1. The van der Waals surface area contributed by atoms with Crippen LogP contribution in [0.2, 0.25) is 0 Å². The van der Waals surface area contributed by atoms with E-state index >= 15 is 0 Å². The monoisotopic (exact) mass is 844 g/mol. The molecule has 11 heteroatoms. The second-order valence-electron chi connectivity index (χ2n) is 17.5. The minimum Gasteiger partial charge on any atom is -0.394 e. The van der Waals surface area contributed by atoms with E-state index in [0.717, 1.165) is 38.5 Å². The number of hydrogen-bond donors (Lipinski definition) is 8. The molecule has 1 aliphatic heterocycles. The summed E-state index contributed by atoms with van der Waals surface area (Å²) in [6.45, 7) is 3.42. The average Bonchev–Trinajstić information content (AvgIpc) is 3.23. The van der Waals surface area contributed by atoms with E-state index in [4.69, 9.17) is 9.47 Å². The number of aliphatic hydroxyl groups is 7. The van der Waals surface area contributed by atoms with Crippen LogP contribution in [0.5, 0.6) is 0 Å². The highest BCUT2D eigenvalue weighted by Gasteiger charge is 2.44. The maximum Gasteiger partial charge on any atom is 0.249 e. The molecule has 1 fully saturated rings. The number of amides is 1. The number of carbonyl (C=O) groups is 1. The van der Waals surface area contributed by atoms with Gasteiger partial charge in [-0.1, -0.05) is 193 Å². The van der Waals surface area contributed by atoms with Crippen molar-refractivity contribution in [1.82, 2.24) is 5.32 Å². The first-order valence-corrected chi connectivity index (χ1v) is 24.6. The predicted molar refractivity (Wildman–Crippen MR) is 238 cm³/mol. The van der Waals surface area contributed by atoms with E-state index in [9.17, 15) is 40.5 Å². The van der Waals surface area contributed by atoms with E-state index in [1.807, 2.05) is 0 Å². The first kappa shape index (κ1) is 55.9. The van der Waals surface area contributed by atoms with Gasteiger partial charge >= 0.3 is 0 Å². The molecule has 1 saturated heterocycles. The number of nitrogens with one attached hydrogen (secondary N) is 1. The zero-order valence-electron chi connectivity index (χ0n) is 37.7. The van der Waals surface area contributed by atoms with Crippen LogP contribution in [-0.4, -0.2) is 110 Å². The summed E-state index contributed by atoms with van der Waals surface area (Å²) < 4.78 is 11.1. The fourth-order valence-corrected chi connectivity index (χ4v) is 7.97. The first-order valence-electron chi connectivity index (χ1n) is 24.6. The Morgan fingerprint density at radius 2 is 1.00 bits per heavy atom. The molecule has 0 spiro atoms. The van der Waals surface area contributed by atoms with Crippen LogP contribution in [0.1, 0.15) is 219 Å². The van der Waals surface area contributed by atoms with Crippen LogP contribution < -0.4 is 5.32 Å². The molecule has 0 aliphatic carbocycles. The predicted octanol–water partition coefficient (Wildman–Crippen LogP) is 8.45. The fourth-order valence-electron chi connectivity index (χ4n) is 7.97. The highest BCUT2D eigenvalue weighted by molar-refractivity contribution is 5.80. The van der Waals surface area contributed by atoms with Crippen LogP contribution in [0.4, 0.5) is 0 Å². The van der Waals surface area contributed by atoms with Crippen LogP contribution >= 0.6 is 0 Å². The van der Waals surface area contributed by atoms with Crippen LogP contribution in [0.25, 0.3) is 0 Å². The molecule has 0 bridgehead atoms. The van der Waals surface area contributed by atoms with Crippen LogP contribution in [-0.2, 0) is 14.3 Å². The van der Waals surface area contributed by atoms with Crippen LogP contribution in [0.3, 0.4) is 0 Å². The molecule has 350 valence electrons. The van der Waals surface area contributed by atoms with Crippen molar-refractivity contribution in [3.63, 3.8) is 0 Å². The van der Waals surface area contributed by atoms with Gasteiger partial charge in [0, 0.05) is 0 Å². The van der Waals surface area contributed by atoms with Gasteiger partial charge < -0.3 is 50.5 Å². The Kier molecular flexibility index (Phi) is 36.5. The Labute approximate surface area is 360 Å². The molecule has 0 aromatic heterocycles. The molecule has 1 amide bonds. The van der Waals surface area contributed by atoms with Crippen molar-refractivity contribution in [2.75, 3.05) is 13.2 Å². The Bertz CT molecular complexity index is 970. The number of carbonyl (C=O) groups excluding carboxylic acids is 1. The molecule has 1 heterocycles. The lowest BCUT2D eigenvalue weighted by Crippen LogP contribution is -2.60. The Balaban J connectivity index is 2.39. The van der Waals surface area contributed by atoms with Gasteiger partial charge in [0.2, 0.25) is 5.91 Å². The van der Waals surface area contributed by atoms with E-state index < -0.39 is 74.2 Å². The summed E-state index contributed by atoms with van der Waals surface area (Å²) in [7, 11) is 0. The summed E-state index contributed by atoms with van der Waals surface area (Å²) in [4.78, 5) is 13.1. The number of ether oxygens (including phenoxy) is 2. The number of rotatable bonds is 41. The first-order chi connectivity index (χ1) is 28.7. The summed E-state index contributed by atoms with van der Waals surface area (Å²) in [6, 6.07) is -1.18. The largest absolute Gasteiger partial charge is 0.394 e. The van der Waals surface area contributed by atoms with Gasteiger partial charge in [-0.15, -0.1) is 0 Å². The third-order valence-corrected chi connectivity index (χ3v) is 12.1. The van der Waals surface area contributed by atoms with Crippen molar-refractivity contribution in [2.45, 2.75) is 274 Å². The summed E-state index contributed by atoms with van der Waals surface area (Å²) in [5.74, 6) is -0.704. The molecular formula is C48H93NO10. The molecule has 0 unspecified atom stereocenters. The van der Waals surface area contributed by atoms with Crippen molar-refractivity contribution < 1.29 is 50.0 Å². The van der Waals surface area contributed by atoms with Gasteiger partial charge in [0.05, 0.1) is 25.4 Å². The molecule has 11 nitrogen and oxygen atoms in total. The van der Waals surface area contributed by atoms with Crippen molar-refractivity contribution in [1.29, 1.82) is 0 Å². The third kappa shape index (κ3) is 28.2. The van der Waals surface area contributed by atoms with Gasteiger partial charge in [0.25, 0.3) is 0 Å². The van der Waals surface area contributed by atoms with E-state index in [1.165, 1.54) is 141 Å². The Morgan fingerprint density at radius 3 is 1.46 bits per heavy atom. The highest BCUT2D eigenvalue weighted by atomic mass is 16.7. The number of unbranched alkanes of at least 4 members (excludes halogenated alkanes) is 27.